The Labute approximate surface area is 259 Å². The molecule has 2 aliphatic carbocycles. The van der Waals surface area contributed by atoms with E-state index in [1.165, 1.54) is 12.1 Å². The maximum absolute atomic E-state index is 15.3. The maximum atomic E-state index is 15.3. The number of benzene rings is 6. The van der Waals surface area contributed by atoms with Crippen LogP contribution in [0.1, 0.15) is 22.3 Å². The van der Waals surface area contributed by atoms with E-state index < -0.39 is 5.41 Å². The lowest BCUT2D eigenvalue weighted by molar-refractivity contribution is 0.617. The molecule has 204 valence electrons. The molecule has 6 heteroatoms. The Balaban J connectivity index is 1.52. The fraction of sp³-hybridized carbons (Fsp3) is 0.0270. The average Bonchev–Trinajstić information content (AvgIpc) is 3.72. The molecule has 8 aromatic rings. The molecule has 0 N–H and O–H groups in total. The van der Waals surface area contributed by atoms with Crippen LogP contribution in [0.15, 0.2) is 115 Å². The van der Waals surface area contributed by atoms with Crippen LogP contribution >= 0.6 is 31.9 Å². The fourth-order valence-corrected chi connectivity index (χ4v) is 9.03. The minimum absolute atomic E-state index is 0.353. The fourth-order valence-electron chi connectivity index (χ4n) is 7.79. The monoisotopic (exact) mass is 688 g/mol. The van der Waals surface area contributed by atoms with Crippen molar-refractivity contribution in [3.8, 4) is 22.3 Å². The molecule has 1 spiro atoms. The van der Waals surface area contributed by atoms with Crippen LogP contribution in [0.25, 0.3) is 66.1 Å². The van der Waals surface area contributed by atoms with Gasteiger partial charge in [0, 0.05) is 41.6 Å². The minimum Gasteiger partial charge on any atom is -0.455 e. The molecule has 0 amide bonds. The number of halogens is 4. The van der Waals surface area contributed by atoms with Crippen molar-refractivity contribution in [2.75, 3.05) is 0 Å². The first-order chi connectivity index (χ1) is 21.0. The molecule has 0 saturated heterocycles. The van der Waals surface area contributed by atoms with E-state index in [1.807, 2.05) is 48.5 Å². The summed E-state index contributed by atoms with van der Waals surface area (Å²) < 4.78 is 45.6. The van der Waals surface area contributed by atoms with Crippen LogP contribution in [0, 0.1) is 11.6 Å². The molecule has 43 heavy (non-hydrogen) atoms. The van der Waals surface area contributed by atoms with Gasteiger partial charge in [0.25, 0.3) is 0 Å². The first-order valence-electron chi connectivity index (χ1n) is 13.9. The zero-order valence-corrected chi connectivity index (χ0v) is 25.2. The highest BCUT2D eigenvalue weighted by molar-refractivity contribution is 9.11. The Morgan fingerprint density at radius 2 is 0.953 bits per heavy atom. The second-order valence-corrected chi connectivity index (χ2v) is 13.0. The summed E-state index contributed by atoms with van der Waals surface area (Å²) in [6.45, 7) is 0. The number of rotatable bonds is 0. The second-order valence-electron chi connectivity index (χ2n) is 11.3. The molecule has 0 fully saturated rings. The van der Waals surface area contributed by atoms with E-state index in [1.54, 1.807) is 24.3 Å². The molecule has 0 atom stereocenters. The summed E-state index contributed by atoms with van der Waals surface area (Å²) in [5, 5.41) is 3.86. The van der Waals surface area contributed by atoms with Gasteiger partial charge in [-0.25, -0.2) is 8.78 Å². The molecule has 0 bridgehead atoms. The predicted molar refractivity (Wildman–Crippen MR) is 173 cm³/mol. The average molecular weight is 690 g/mol. The van der Waals surface area contributed by atoms with Gasteiger partial charge in [-0.2, -0.15) is 0 Å². The van der Waals surface area contributed by atoms with Gasteiger partial charge in [0.05, 0.1) is 5.41 Å². The first kappa shape index (κ1) is 24.2. The van der Waals surface area contributed by atoms with Crippen molar-refractivity contribution in [1.82, 2.24) is 0 Å². The highest BCUT2D eigenvalue weighted by Gasteiger charge is 2.54. The van der Waals surface area contributed by atoms with Gasteiger partial charge in [-0.05, 0) is 81.9 Å². The summed E-state index contributed by atoms with van der Waals surface area (Å²) in [5.74, 6) is -0.705. The van der Waals surface area contributed by atoms with Crippen molar-refractivity contribution in [1.29, 1.82) is 0 Å². The lowest BCUT2D eigenvalue weighted by Crippen LogP contribution is -2.26. The lowest BCUT2D eigenvalue weighted by Gasteiger charge is -2.30. The standard InChI is InChI=1S/C37H16Br2F2O2/c38-27-15-25-33(35-31(27)21-5-1-3-7-29(21)42-35)34-26(16-28(39)32-22-6-2-4-8-30(22)43-36(32)34)37(25)23-13-17(40)9-11-19(23)20-12-10-18(41)14-24(20)37/h1-16H. The summed E-state index contributed by atoms with van der Waals surface area (Å²) in [6.07, 6.45) is 0. The van der Waals surface area contributed by atoms with Crippen LogP contribution in [-0.2, 0) is 5.41 Å². The molecule has 0 unspecified atom stereocenters. The highest BCUT2D eigenvalue weighted by atomic mass is 79.9. The van der Waals surface area contributed by atoms with Crippen molar-refractivity contribution in [3.05, 3.63) is 140 Å². The van der Waals surface area contributed by atoms with Gasteiger partial charge in [0.1, 0.15) is 34.0 Å². The quantitative estimate of drug-likeness (QED) is 0.158. The summed E-state index contributed by atoms with van der Waals surface area (Å²) in [7, 11) is 0. The highest BCUT2D eigenvalue weighted by Crippen LogP contribution is 2.66. The zero-order chi connectivity index (χ0) is 28.8. The second kappa shape index (κ2) is 8.01. The van der Waals surface area contributed by atoms with Crippen LogP contribution in [0.4, 0.5) is 8.78 Å². The zero-order valence-electron chi connectivity index (χ0n) is 22.1. The van der Waals surface area contributed by atoms with Gasteiger partial charge in [0.15, 0.2) is 0 Å². The van der Waals surface area contributed by atoms with Gasteiger partial charge in [-0.15, -0.1) is 0 Å². The van der Waals surface area contributed by atoms with E-state index in [0.717, 1.165) is 86.2 Å². The first-order valence-corrected chi connectivity index (χ1v) is 15.4. The number of para-hydroxylation sites is 2. The van der Waals surface area contributed by atoms with E-state index in [9.17, 15) is 0 Å². The van der Waals surface area contributed by atoms with Gasteiger partial charge in [-0.3, -0.25) is 0 Å². The summed E-state index contributed by atoms with van der Waals surface area (Å²) in [4.78, 5) is 0. The summed E-state index contributed by atoms with van der Waals surface area (Å²) in [6, 6.07) is 29.9. The van der Waals surface area contributed by atoms with Crippen molar-refractivity contribution in [3.63, 3.8) is 0 Å². The van der Waals surface area contributed by atoms with E-state index in [4.69, 9.17) is 8.83 Å². The summed E-state index contributed by atoms with van der Waals surface area (Å²) >= 11 is 7.77. The van der Waals surface area contributed by atoms with Crippen molar-refractivity contribution < 1.29 is 17.6 Å². The molecule has 0 radical (unpaired) electrons. The van der Waals surface area contributed by atoms with Gasteiger partial charge < -0.3 is 8.83 Å². The smallest absolute Gasteiger partial charge is 0.144 e. The topological polar surface area (TPSA) is 26.3 Å². The Bertz CT molecular complexity index is 2400. The molecule has 0 saturated carbocycles. The number of hydrogen-bond donors (Lipinski definition) is 0. The Morgan fingerprint density at radius 1 is 0.512 bits per heavy atom. The van der Waals surface area contributed by atoms with E-state index in [-0.39, 0.29) is 11.6 Å². The molecule has 0 aliphatic heterocycles. The van der Waals surface area contributed by atoms with Crippen LogP contribution in [0.5, 0.6) is 0 Å². The SMILES string of the molecule is Fc1ccc2c(c1)C1(c3cc(F)ccc3-2)c2cc(Br)c3c(oc4ccccc43)c2-c2c1cc(Br)c1c2oc2ccccc21. The number of hydrogen-bond acceptors (Lipinski definition) is 2. The van der Waals surface area contributed by atoms with Crippen LogP contribution < -0.4 is 0 Å². The molecule has 2 heterocycles. The normalized spacial score (nSPS) is 14.2. The molecular weight excluding hydrogens is 674 g/mol. The molecule has 2 nitrogen and oxygen atoms in total. The Kier molecular flexibility index (Phi) is 4.51. The van der Waals surface area contributed by atoms with E-state index in [0.29, 0.717) is 11.2 Å². The van der Waals surface area contributed by atoms with E-state index >= 15 is 8.78 Å². The third-order valence-corrected chi connectivity index (χ3v) is 10.6. The van der Waals surface area contributed by atoms with Crippen LogP contribution in [-0.4, -0.2) is 0 Å². The van der Waals surface area contributed by atoms with Crippen molar-refractivity contribution >= 4 is 75.7 Å². The number of fused-ring (bicyclic) bond motifs is 18. The molecule has 10 rings (SSSR count). The van der Waals surface area contributed by atoms with Gasteiger partial charge in [-0.1, -0.05) is 80.4 Å². The van der Waals surface area contributed by atoms with Gasteiger partial charge in [0.2, 0.25) is 0 Å². The molecule has 2 aromatic heterocycles. The lowest BCUT2D eigenvalue weighted by atomic mass is 9.70. The van der Waals surface area contributed by atoms with Crippen molar-refractivity contribution in [2.24, 2.45) is 0 Å². The van der Waals surface area contributed by atoms with E-state index in [2.05, 4.69) is 44.0 Å². The Morgan fingerprint density at radius 3 is 1.42 bits per heavy atom. The molecular formula is C37H16Br2F2O2. The largest absolute Gasteiger partial charge is 0.455 e. The third-order valence-electron chi connectivity index (χ3n) is 9.32. The molecule has 2 aliphatic rings. The minimum atomic E-state index is -1.02. The van der Waals surface area contributed by atoms with Crippen LogP contribution in [0.2, 0.25) is 0 Å². The molecule has 6 aromatic carbocycles. The Hall–Kier alpha value is -4.26. The third kappa shape index (κ3) is 2.78. The van der Waals surface area contributed by atoms with Crippen molar-refractivity contribution in [2.45, 2.75) is 5.41 Å². The predicted octanol–water partition coefficient (Wildman–Crippen LogP) is 11.6. The number of furan rings is 2. The van der Waals surface area contributed by atoms with Gasteiger partial charge >= 0.3 is 0 Å². The maximum Gasteiger partial charge on any atom is 0.144 e. The van der Waals surface area contributed by atoms with Crippen LogP contribution in [0.3, 0.4) is 0 Å². The summed E-state index contributed by atoms with van der Waals surface area (Å²) in [5.41, 5.74) is 8.68.